The van der Waals surface area contributed by atoms with Gasteiger partial charge in [0, 0.05) is 6.54 Å². The Bertz CT molecular complexity index is 1120. The van der Waals surface area contributed by atoms with Gasteiger partial charge in [0.2, 0.25) is 0 Å². The fourth-order valence-electron chi connectivity index (χ4n) is 2.75. The summed E-state index contributed by atoms with van der Waals surface area (Å²) in [6.07, 6.45) is -12.7. The molecule has 2 heterocycles. The molecular weight excluding hydrogens is 489 g/mol. The molecule has 0 radical (unpaired) electrons. The summed E-state index contributed by atoms with van der Waals surface area (Å²) >= 11 is 5.44. The minimum atomic E-state index is -5.09. The monoisotopic (exact) mass is 507 g/mol. The predicted molar refractivity (Wildman–Crippen MR) is 116 cm³/mol. The van der Waals surface area contributed by atoms with Gasteiger partial charge >= 0.3 is 18.4 Å². The molecule has 0 saturated carbocycles. The Morgan fingerprint density at radius 1 is 1.06 bits per heavy atom. The maximum atomic E-state index is 13.4. The van der Waals surface area contributed by atoms with Gasteiger partial charge in [-0.15, -0.1) is 12.6 Å². The lowest BCUT2D eigenvalue weighted by molar-refractivity contribution is -0.255. The molecule has 0 aliphatic rings. The molecule has 0 unspecified atom stereocenters. The molecule has 0 aliphatic carbocycles. The molecule has 0 bridgehead atoms. The van der Waals surface area contributed by atoms with Gasteiger partial charge in [-0.05, 0) is 42.3 Å². The number of amides is 1. The maximum Gasteiger partial charge on any atom is 0.420 e. The number of carbonyl (C=O) groups is 1. The second-order valence-corrected chi connectivity index (χ2v) is 9.07. The average molecular weight is 508 g/mol. The third-order valence-corrected chi connectivity index (χ3v) is 5.12. The first kappa shape index (κ1) is 25.0. The lowest BCUT2D eigenvalue weighted by Gasteiger charge is -2.23. The van der Waals surface area contributed by atoms with Crippen LogP contribution in [0.25, 0.3) is 10.3 Å². The van der Waals surface area contributed by atoms with Crippen LogP contribution in [-0.4, -0.2) is 34.9 Å². The highest BCUT2D eigenvalue weighted by Crippen LogP contribution is 2.34. The maximum absolute atomic E-state index is 13.4. The van der Waals surface area contributed by atoms with Crippen LogP contribution in [0.3, 0.4) is 0 Å². The van der Waals surface area contributed by atoms with Gasteiger partial charge in [0.15, 0.2) is 0 Å². The van der Waals surface area contributed by atoms with Gasteiger partial charge in [0.1, 0.15) is 38.4 Å². The van der Waals surface area contributed by atoms with Gasteiger partial charge in [-0.3, -0.25) is 4.90 Å². The Labute approximate surface area is 194 Å². The second-order valence-electron chi connectivity index (χ2n) is 7.37. The molecule has 1 aromatic carbocycles. The normalized spacial score (nSPS) is 12.3. The summed E-state index contributed by atoms with van der Waals surface area (Å²) in [5, 5.41) is 0. The van der Waals surface area contributed by atoms with E-state index in [0.717, 1.165) is 24.3 Å². The van der Waals surface area contributed by atoms with E-state index in [0.29, 0.717) is 20.5 Å². The highest BCUT2D eigenvalue weighted by Gasteiger charge is 2.45. The molecule has 0 aliphatic heterocycles. The number of aromatic nitrogens is 2. The quantitative estimate of drug-likeness (QED) is 0.290. The summed E-state index contributed by atoms with van der Waals surface area (Å²) in [6, 6.07) is 7.54. The number of alkyl halides is 5. The van der Waals surface area contributed by atoms with Gasteiger partial charge < -0.3 is 9.47 Å². The van der Waals surface area contributed by atoms with Gasteiger partial charge in [-0.1, -0.05) is 25.2 Å². The SMILES string of the molecule is CC(C)CN(C(=O)Oc1ccc(OC(F)(F)CC(F)(F)F)cc1)c1ccc2nc(S)sc2n1. The molecule has 0 saturated heterocycles. The Balaban J connectivity index is 1.73. The van der Waals surface area contributed by atoms with E-state index < -0.39 is 30.5 Å². The van der Waals surface area contributed by atoms with Crippen molar-refractivity contribution in [3.63, 3.8) is 0 Å². The molecule has 3 rings (SSSR count). The van der Waals surface area contributed by atoms with Crippen LogP contribution in [0.1, 0.15) is 20.3 Å². The third-order valence-electron chi connectivity index (χ3n) is 3.98. The zero-order valence-corrected chi connectivity index (χ0v) is 19.0. The number of rotatable bonds is 7. The van der Waals surface area contributed by atoms with E-state index >= 15 is 0 Å². The third kappa shape index (κ3) is 7.16. The molecule has 0 atom stereocenters. The summed E-state index contributed by atoms with van der Waals surface area (Å²) in [5.41, 5.74) is 0.629. The number of pyridine rings is 1. The number of carbonyl (C=O) groups excluding carboxylic acids is 1. The standard InChI is InChI=1S/C20H18F5N3O3S2/c1-11(2)9-28(15-8-7-14-16(27-15)33-17(32)26-14)18(29)30-12-3-5-13(6-4-12)31-20(24,25)10-19(21,22)23/h3-8,11H,9-10H2,1-2H3,(H,26,32). The van der Waals surface area contributed by atoms with Gasteiger partial charge in [-0.25, -0.2) is 14.8 Å². The Hall–Kier alpha value is -2.67. The first-order chi connectivity index (χ1) is 15.3. The van der Waals surface area contributed by atoms with Crippen molar-refractivity contribution in [1.82, 2.24) is 9.97 Å². The number of thiazole rings is 1. The molecule has 3 aromatic rings. The molecule has 178 valence electrons. The van der Waals surface area contributed by atoms with Crippen LogP contribution in [0.15, 0.2) is 40.7 Å². The highest BCUT2D eigenvalue weighted by molar-refractivity contribution is 7.82. The number of ether oxygens (including phenoxy) is 2. The van der Waals surface area contributed by atoms with Crippen molar-refractivity contribution in [3.8, 4) is 11.5 Å². The van der Waals surface area contributed by atoms with Crippen LogP contribution in [0, 0.1) is 5.92 Å². The molecule has 0 spiro atoms. The van der Waals surface area contributed by atoms with Gasteiger partial charge in [0.05, 0.1) is 0 Å². The van der Waals surface area contributed by atoms with E-state index in [1.165, 1.54) is 16.2 Å². The van der Waals surface area contributed by atoms with Crippen molar-refractivity contribution < 1.29 is 36.2 Å². The van der Waals surface area contributed by atoms with E-state index in [4.69, 9.17) is 4.74 Å². The second kappa shape index (κ2) is 9.67. The summed E-state index contributed by atoms with van der Waals surface area (Å²) in [6.45, 7) is 4.06. The first-order valence-corrected chi connectivity index (χ1v) is 10.8. The fourth-order valence-corrected chi connectivity index (χ4v) is 3.79. The van der Waals surface area contributed by atoms with Crippen LogP contribution < -0.4 is 14.4 Å². The molecule has 2 aromatic heterocycles. The van der Waals surface area contributed by atoms with Gasteiger partial charge in [0.25, 0.3) is 0 Å². The molecule has 0 fully saturated rings. The van der Waals surface area contributed by atoms with Crippen molar-refractivity contribution in [2.24, 2.45) is 5.92 Å². The van der Waals surface area contributed by atoms with Crippen molar-refractivity contribution in [3.05, 3.63) is 36.4 Å². The van der Waals surface area contributed by atoms with E-state index in [1.807, 2.05) is 13.8 Å². The van der Waals surface area contributed by atoms with E-state index in [1.54, 1.807) is 12.1 Å². The zero-order chi connectivity index (χ0) is 24.4. The Morgan fingerprint density at radius 3 is 2.30 bits per heavy atom. The minimum Gasteiger partial charge on any atom is -0.432 e. The lowest BCUT2D eigenvalue weighted by Crippen LogP contribution is -2.37. The van der Waals surface area contributed by atoms with Crippen LogP contribution in [0.2, 0.25) is 0 Å². The summed E-state index contributed by atoms with van der Waals surface area (Å²) in [5.74, 6) is -0.145. The minimum absolute atomic E-state index is 0.0169. The van der Waals surface area contributed by atoms with E-state index in [-0.39, 0.29) is 18.2 Å². The molecule has 6 nitrogen and oxygen atoms in total. The molecule has 13 heteroatoms. The topological polar surface area (TPSA) is 64.6 Å². The number of thiol groups is 1. The summed E-state index contributed by atoms with van der Waals surface area (Å²) in [4.78, 5) is 23.3. The number of halogens is 5. The number of hydrogen-bond acceptors (Lipinski definition) is 7. The van der Waals surface area contributed by atoms with Crippen molar-refractivity contribution in [2.75, 3.05) is 11.4 Å². The summed E-state index contributed by atoms with van der Waals surface area (Å²) in [7, 11) is 0. The predicted octanol–water partition coefficient (Wildman–Crippen LogP) is 6.57. The average Bonchev–Trinajstić information content (AvgIpc) is 3.04. The number of nitrogens with zero attached hydrogens (tertiary/aromatic N) is 3. The number of anilines is 1. The van der Waals surface area contributed by atoms with Gasteiger partial charge in [-0.2, -0.15) is 22.0 Å². The van der Waals surface area contributed by atoms with E-state index in [2.05, 4.69) is 27.3 Å². The van der Waals surface area contributed by atoms with Crippen LogP contribution in [0.4, 0.5) is 32.6 Å². The molecule has 1 amide bonds. The molecular formula is C20H18F5N3O3S2. The number of fused-ring (bicyclic) bond motifs is 1. The number of benzene rings is 1. The van der Waals surface area contributed by atoms with Crippen molar-refractivity contribution in [1.29, 1.82) is 0 Å². The first-order valence-electron chi connectivity index (χ1n) is 9.51. The number of hydrogen-bond donors (Lipinski definition) is 1. The lowest BCUT2D eigenvalue weighted by atomic mass is 10.2. The van der Waals surface area contributed by atoms with Crippen molar-refractivity contribution >= 4 is 46.2 Å². The summed E-state index contributed by atoms with van der Waals surface area (Å²) < 4.78 is 73.4. The van der Waals surface area contributed by atoms with E-state index in [9.17, 15) is 26.7 Å². The largest absolute Gasteiger partial charge is 0.432 e. The Morgan fingerprint density at radius 2 is 1.70 bits per heavy atom. The Kier molecular flexibility index (Phi) is 7.32. The smallest absolute Gasteiger partial charge is 0.420 e. The fraction of sp³-hybridized carbons (Fsp3) is 0.350. The molecule has 0 N–H and O–H groups in total. The molecule has 33 heavy (non-hydrogen) atoms. The van der Waals surface area contributed by atoms with Crippen molar-refractivity contribution in [2.45, 2.75) is 36.9 Å². The highest BCUT2D eigenvalue weighted by atomic mass is 32.2. The van der Waals surface area contributed by atoms with Crippen LogP contribution >= 0.6 is 24.0 Å². The van der Waals surface area contributed by atoms with Crippen LogP contribution in [-0.2, 0) is 0 Å². The van der Waals surface area contributed by atoms with Crippen LogP contribution in [0.5, 0.6) is 11.5 Å². The zero-order valence-electron chi connectivity index (χ0n) is 17.3.